The van der Waals surface area contributed by atoms with Crippen molar-refractivity contribution >= 4 is 15.9 Å². The second-order valence-electron chi connectivity index (χ2n) is 5.50. The molecule has 0 spiro atoms. The number of benzene rings is 1. The first kappa shape index (κ1) is 18.6. The summed E-state index contributed by atoms with van der Waals surface area (Å²) in [4.78, 5) is 12.2. The van der Waals surface area contributed by atoms with Crippen molar-refractivity contribution in [2.45, 2.75) is 50.6 Å². The van der Waals surface area contributed by atoms with Crippen LogP contribution in [-0.2, 0) is 21.4 Å². The molecule has 1 unspecified atom stereocenters. The van der Waals surface area contributed by atoms with Crippen LogP contribution >= 0.6 is 0 Å². The van der Waals surface area contributed by atoms with E-state index in [4.69, 9.17) is 5.73 Å². The normalized spacial score (nSPS) is 14.4. The summed E-state index contributed by atoms with van der Waals surface area (Å²) in [5, 5.41) is 2.78. The van der Waals surface area contributed by atoms with Crippen molar-refractivity contribution in [1.29, 1.82) is 0 Å². The van der Waals surface area contributed by atoms with E-state index in [1.807, 2.05) is 6.92 Å². The number of rotatable bonds is 8. The molecule has 0 radical (unpaired) electrons. The minimum atomic E-state index is -3.45. The maximum absolute atomic E-state index is 12.0. The van der Waals surface area contributed by atoms with Gasteiger partial charge in [-0.25, -0.2) is 13.1 Å². The van der Waals surface area contributed by atoms with Crippen LogP contribution in [0.5, 0.6) is 0 Å². The van der Waals surface area contributed by atoms with Crippen molar-refractivity contribution in [3.63, 3.8) is 0 Å². The van der Waals surface area contributed by atoms with Crippen LogP contribution < -0.4 is 15.8 Å². The number of nitrogens with one attached hydrogen (secondary N) is 2. The fourth-order valence-corrected chi connectivity index (χ4v) is 3.12. The molecule has 6 nitrogen and oxygen atoms in total. The molecule has 0 heterocycles. The molecule has 4 N–H and O–H groups in total. The quantitative estimate of drug-likeness (QED) is 0.666. The van der Waals surface area contributed by atoms with Gasteiger partial charge in [0, 0.05) is 13.1 Å². The van der Waals surface area contributed by atoms with Gasteiger partial charge in [0.2, 0.25) is 15.9 Å². The largest absolute Gasteiger partial charge is 0.350 e. The Morgan fingerprint density at radius 1 is 1.23 bits per heavy atom. The molecule has 0 aliphatic heterocycles. The Morgan fingerprint density at radius 2 is 1.82 bits per heavy atom. The lowest BCUT2D eigenvalue weighted by Gasteiger charge is -2.22. The fourth-order valence-electron chi connectivity index (χ4n) is 2.08. The lowest BCUT2D eigenvalue weighted by atomic mass is 9.96. The first-order chi connectivity index (χ1) is 10.2. The summed E-state index contributed by atoms with van der Waals surface area (Å²) in [5.41, 5.74) is 5.88. The third kappa shape index (κ3) is 5.08. The Morgan fingerprint density at radius 3 is 2.32 bits per heavy atom. The molecule has 0 bridgehead atoms. The molecule has 0 aliphatic rings. The second-order valence-corrected chi connectivity index (χ2v) is 7.26. The van der Waals surface area contributed by atoms with Gasteiger partial charge in [0.1, 0.15) is 0 Å². The van der Waals surface area contributed by atoms with Gasteiger partial charge < -0.3 is 11.1 Å². The highest BCUT2D eigenvalue weighted by molar-refractivity contribution is 7.89. The molecule has 1 atom stereocenters. The summed E-state index contributed by atoms with van der Waals surface area (Å²) in [6.07, 6.45) is 1.44. The molecule has 1 rings (SSSR count). The van der Waals surface area contributed by atoms with E-state index in [0.717, 1.165) is 12.0 Å². The molecule has 7 heteroatoms. The van der Waals surface area contributed by atoms with E-state index < -0.39 is 15.6 Å². The van der Waals surface area contributed by atoms with Crippen molar-refractivity contribution in [2.24, 2.45) is 5.73 Å². The molecule has 0 aromatic heterocycles. The monoisotopic (exact) mass is 327 g/mol. The predicted octanol–water partition coefficient (Wildman–Crippen LogP) is 1.12. The Bertz CT molecular complexity index is 595. The minimum absolute atomic E-state index is 0.207. The minimum Gasteiger partial charge on any atom is -0.350 e. The van der Waals surface area contributed by atoms with E-state index in [1.165, 1.54) is 12.1 Å². The first-order valence-electron chi connectivity index (χ1n) is 7.38. The molecular formula is C15H25N3O3S. The van der Waals surface area contributed by atoms with Crippen LogP contribution in [0.1, 0.15) is 39.2 Å². The molecular weight excluding hydrogens is 302 g/mol. The van der Waals surface area contributed by atoms with Crippen LogP contribution in [0.15, 0.2) is 29.2 Å². The van der Waals surface area contributed by atoms with E-state index in [-0.39, 0.29) is 10.8 Å². The molecule has 0 fully saturated rings. The number of hydrogen-bond acceptors (Lipinski definition) is 4. The highest BCUT2D eigenvalue weighted by Gasteiger charge is 2.26. The summed E-state index contributed by atoms with van der Waals surface area (Å²) in [5.74, 6) is -0.210. The van der Waals surface area contributed by atoms with Gasteiger partial charge in [-0.15, -0.1) is 0 Å². The van der Waals surface area contributed by atoms with E-state index in [0.29, 0.717) is 19.5 Å². The fraction of sp³-hybridized carbons (Fsp3) is 0.533. The van der Waals surface area contributed by atoms with E-state index in [2.05, 4.69) is 10.0 Å². The van der Waals surface area contributed by atoms with Crippen LogP contribution in [-0.4, -0.2) is 26.4 Å². The van der Waals surface area contributed by atoms with Gasteiger partial charge >= 0.3 is 0 Å². The number of amides is 1. The standard InChI is InChI=1S/C15H25N3O3S/c1-4-10-15(3,16)14(19)17-11-12-6-8-13(9-7-12)22(20,21)18-5-2/h6-9,18H,4-5,10-11,16H2,1-3H3,(H,17,19). The SMILES string of the molecule is CCCC(C)(N)C(=O)NCc1ccc(S(=O)(=O)NCC)cc1. The number of sulfonamides is 1. The van der Waals surface area contributed by atoms with E-state index in [9.17, 15) is 13.2 Å². The van der Waals surface area contributed by atoms with Crippen LogP contribution in [0, 0.1) is 0 Å². The molecule has 0 aliphatic carbocycles. The smallest absolute Gasteiger partial charge is 0.240 e. The Balaban J connectivity index is 2.68. The number of hydrogen-bond donors (Lipinski definition) is 3. The topological polar surface area (TPSA) is 101 Å². The third-order valence-electron chi connectivity index (χ3n) is 3.31. The summed E-state index contributed by atoms with van der Waals surface area (Å²) < 4.78 is 26.1. The molecule has 1 aromatic carbocycles. The molecule has 0 saturated heterocycles. The van der Waals surface area contributed by atoms with Gasteiger partial charge in [0.05, 0.1) is 10.4 Å². The maximum atomic E-state index is 12.0. The van der Waals surface area contributed by atoms with Gasteiger partial charge in [-0.2, -0.15) is 0 Å². The highest BCUT2D eigenvalue weighted by Crippen LogP contribution is 2.12. The highest BCUT2D eigenvalue weighted by atomic mass is 32.2. The number of nitrogens with two attached hydrogens (primary N) is 1. The van der Waals surface area contributed by atoms with Gasteiger partial charge in [0.25, 0.3) is 0 Å². The number of carbonyl (C=O) groups excluding carboxylic acids is 1. The Labute approximate surface area is 132 Å². The lowest BCUT2D eigenvalue weighted by molar-refractivity contribution is -0.126. The molecule has 1 amide bonds. The number of carbonyl (C=O) groups is 1. The zero-order chi connectivity index (χ0) is 16.8. The molecule has 0 saturated carbocycles. The predicted molar refractivity (Wildman–Crippen MR) is 86.7 cm³/mol. The lowest BCUT2D eigenvalue weighted by Crippen LogP contribution is -2.51. The van der Waals surface area contributed by atoms with Gasteiger partial charge in [-0.05, 0) is 31.0 Å². The van der Waals surface area contributed by atoms with Gasteiger partial charge in [-0.1, -0.05) is 32.4 Å². The Kier molecular flexibility index (Phi) is 6.52. The van der Waals surface area contributed by atoms with E-state index >= 15 is 0 Å². The van der Waals surface area contributed by atoms with Crippen LogP contribution in [0.3, 0.4) is 0 Å². The van der Waals surface area contributed by atoms with Crippen molar-refractivity contribution in [2.75, 3.05) is 6.54 Å². The van der Waals surface area contributed by atoms with Gasteiger partial charge in [0.15, 0.2) is 0 Å². The molecule has 124 valence electrons. The summed E-state index contributed by atoms with van der Waals surface area (Å²) >= 11 is 0. The summed E-state index contributed by atoms with van der Waals surface area (Å²) in [7, 11) is -3.45. The first-order valence-corrected chi connectivity index (χ1v) is 8.87. The van der Waals surface area contributed by atoms with Crippen molar-refractivity contribution in [3.8, 4) is 0 Å². The zero-order valence-electron chi connectivity index (χ0n) is 13.3. The van der Waals surface area contributed by atoms with Crippen molar-refractivity contribution in [3.05, 3.63) is 29.8 Å². The summed E-state index contributed by atoms with van der Waals surface area (Å²) in [6, 6.07) is 6.40. The van der Waals surface area contributed by atoms with Gasteiger partial charge in [-0.3, -0.25) is 4.79 Å². The molecule has 22 heavy (non-hydrogen) atoms. The summed E-state index contributed by atoms with van der Waals surface area (Å²) in [6.45, 7) is 6.06. The average molecular weight is 327 g/mol. The second kappa shape index (κ2) is 7.71. The Hall–Kier alpha value is -1.44. The van der Waals surface area contributed by atoms with Crippen molar-refractivity contribution in [1.82, 2.24) is 10.0 Å². The van der Waals surface area contributed by atoms with Crippen molar-refractivity contribution < 1.29 is 13.2 Å². The third-order valence-corrected chi connectivity index (χ3v) is 4.87. The molecule has 1 aromatic rings. The average Bonchev–Trinajstić information content (AvgIpc) is 2.45. The van der Waals surface area contributed by atoms with E-state index in [1.54, 1.807) is 26.0 Å². The van der Waals surface area contributed by atoms with Crippen LogP contribution in [0.25, 0.3) is 0 Å². The zero-order valence-corrected chi connectivity index (χ0v) is 14.2. The van der Waals surface area contributed by atoms with Crippen LogP contribution in [0.4, 0.5) is 0 Å². The van der Waals surface area contributed by atoms with Crippen LogP contribution in [0.2, 0.25) is 0 Å². The maximum Gasteiger partial charge on any atom is 0.240 e.